The second-order valence-corrected chi connectivity index (χ2v) is 5.44. The lowest BCUT2D eigenvalue weighted by molar-refractivity contribution is 0.288. The molecule has 0 aliphatic rings. The van der Waals surface area contributed by atoms with Crippen molar-refractivity contribution in [3.8, 4) is 5.75 Å². The van der Waals surface area contributed by atoms with Crippen LogP contribution in [0, 0.1) is 13.8 Å². The normalized spacial score (nSPS) is 11.0. The fourth-order valence-corrected chi connectivity index (χ4v) is 2.64. The lowest BCUT2D eigenvalue weighted by atomic mass is 10.1. The van der Waals surface area contributed by atoms with E-state index in [0.29, 0.717) is 13.2 Å². The van der Waals surface area contributed by atoms with Crippen LogP contribution in [0.1, 0.15) is 17.0 Å². The standard InChI is InChI=1S/C18H21N3O/c1-13-6-5-9-17(14(13)2)22-12-18-20-15-7-3-4-8-16(15)21(18)11-10-19/h3-9H,10-12,19H2,1-2H3. The summed E-state index contributed by atoms with van der Waals surface area (Å²) in [6, 6.07) is 14.2. The highest BCUT2D eigenvalue weighted by molar-refractivity contribution is 5.75. The summed E-state index contributed by atoms with van der Waals surface area (Å²) < 4.78 is 8.14. The van der Waals surface area contributed by atoms with Crippen molar-refractivity contribution in [2.24, 2.45) is 5.73 Å². The molecule has 0 aliphatic carbocycles. The summed E-state index contributed by atoms with van der Waals surface area (Å²) >= 11 is 0. The Kier molecular flexibility index (Phi) is 4.11. The van der Waals surface area contributed by atoms with Gasteiger partial charge in [0, 0.05) is 13.1 Å². The number of nitrogens with two attached hydrogens (primary N) is 1. The van der Waals surface area contributed by atoms with Gasteiger partial charge in [-0.3, -0.25) is 0 Å². The molecule has 0 spiro atoms. The van der Waals surface area contributed by atoms with E-state index in [1.165, 1.54) is 11.1 Å². The Morgan fingerprint density at radius 1 is 1.09 bits per heavy atom. The number of nitrogens with zero attached hydrogens (tertiary/aromatic N) is 2. The molecule has 0 saturated carbocycles. The van der Waals surface area contributed by atoms with Crippen LogP contribution >= 0.6 is 0 Å². The third-order valence-corrected chi connectivity index (χ3v) is 4.00. The van der Waals surface area contributed by atoms with Crippen LogP contribution in [0.5, 0.6) is 5.75 Å². The van der Waals surface area contributed by atoms with Crippen LogP contribution in [0.2, 0.25) is 0 Å². The van der Waals surface area contributed by atoms with E-state index in [9.17, 15) is 0 Å². The average Bonchev–Trinajstić information content (AvgIpc) is 2.87. The third-order valence-electron chi connectivity index (χ3n) is 4.00. The molecule has 3 aromatic rings. The van der Waals surface area contributed by atoms with Crippen LogP contribution in [0.3, 0.4) is 0 Å². The summed E-state index contributed by atoms with van der Waals surface area (Å²) in [6.07, 6.45) is 0. The number of hydrogen-bond donors (Lipinski definition) is 1. The minimum atomic E-state index is 0.443. The van der Waals surface area contributed by atoms with Crippen molar-refractivity contribution in [1.29, 1.82) is 0 Å². The first-order valence-electron chi connectivity index (χ1n) is 7.54. The zero-order valence-electron chi connectivity index (χ0n) is 13.0. The van der Waals surface area contributed by atoms with Crippen LogP contribution in [0.25, 0.3) is 11.0 Å². The van der Waals surface area contributed by atoms with Crippen LogP contribution in [0.4, 0.5) is 0 Å². The Balaban J connectivity index is 1.90. The van der Waals surface area contributed by atoms with Crippen molar-refractivity contribution in [2.75, 3.05) is 6.54 Å². The fourth-order valence-electron chi connectivity index (χ4n) is 2.64. The molecule has 22 heavy (non-hydrogen) atoms. The third kappa shape index (κ3) is 2.70. The summed E-state index contributed by atoms with van der Waals surface area (Å²) in [7, 11) is 0. The van der Waals surface area contributed by atoms with Gasteiger partial charge in [0.2, 0.25) is 0 Å². The molecule has 1 aromatic heterocycles. The molecule has 114 valence electrons. The molecule has 4 heteroatoms. The molecule has 0 fully saturated rings. The second kappa shape index (κ2) is 6.20. The fraction of sp³-hybridized carbons (Fsp3) is 0.278. The first-order chi connectivity index (χ1) is 10.7. The van der Waals surface area contributed by atoms with E-state index in [1.54, 1.807) is 0 Å². The van der Waals surface area contributed by atoms with E-state index in [1.807, 2.05) is 30.3 Å². The Bertz CT molecular complexity index is 792. The van der Waals surface area contributed by atoms with Crippen molar-refractivity contribution < 1.29 is 4.74 Å². The lowest BCUT2D eigenvalue weighted by Gasteiger charge is -2.12. The first-order valence-corrected chi connectivity index (χ1v) is 7.54. The van der Waals surface area contributed by atoms with Gasteiger partial charge in [0.25, 0.3) is 0 Å². The summed E-state index contributed by atoms with van der Waals surface area (Å²) in [5, 5.41) is 0. The maximum absolute atomic E-state index is 6.00. The highest BCUT2D eigenvalue weighted by Gasteiger charge is 2.11. The van der Waals surface area contributed by atoms with Gasteiger partial charge < -0.3 is 15.0 Å². The number of fused-ring (bicyclic) bond motifs is 1. The highest BCUT2D eigenvalue weighted by Crippen LogP contribution is 2.22. The van der Waals surface area contributed by atoms with Crippen LogP contribution in [-0.4, -0.2) is 16.1 Å². The van der Waals surface area contributed by atoms with E-state index >= 15 is 0 Å². The largest absolute Gasteiger partial charge is 0.485 e. The van der Waals surface area contributed by atoms with Crippen molar-refractivity contribution in [3.05, 3.63) is 59.4 Å². The summed E-state index contributed by atoms with van der Waals surface area (Å²) in [6.45, 7) is 5.93. The topological polar surface area (TPSA) is 53.1 Å². The molecule has 1 heterocycles. The van der Waals surface area contributed by atoms with Crippen molar-refractivity contribution in [2.45, 2.75) is 27.0 Å². The number of ether oxygens (including phenoxy) is 1. The maximum Gasteiger partial charge on any atom is 0.148 e. The molecule has 2 aromatic carbocycles. The molecule has 0 saturated heterocycles. The van der Waals surface area contributed by atoms with Crippen molar-refractivity contribution in [1.82, 2.24) is 9.55 Å². The second-order valence-electron chi connectivity index (χ2n) is 5.44. The number of para-hydroxylation sites is 2. The van der Waals surface area contributed by atoms with Gasteiger partial charge >= 0.3 is 0 Å². The number of aromatic nitrogens is 2. The van der Waals surface area contributed by atoms with E-state index in [4.69, 9.17) is 10.5 Å². The van der Waals surface area contributed by atoms with E-state index in [-0.39, 0.29) is 0 Å². The molecule has 0 amide bonds. The van der Waals surface area contributed by atoms with Gasteiger partial charge in [-0.15, -0.1) is 0 Å². The summed E-state index contributed by atoms with van der Waals surface area (Å²) in [5.41, 5.74) is 10.2. The van der Waals surface area contributed by atoms with Crippen molar-refractivity contribution in [3.63, 3.8) is 0 Å². The molecular formula is C18H21N3O. The Labute approximate surface area is 130 Å². The Morgan fingerprint density at radius 2 is 1.91 bits per heavy atom. The zero-order chi connectivity index (χ0) is 15.5. The molecule has 2 N–H and O–H groups in total. The number of benzene rings is 2. The number of aryl methyl sites for hydroxylation is 1. The maximum atomic E-state index is 6.00. The number of hydrogen-bond acceptors (Lipinski definition) is 3. The van der Waals surface area contributed by atoms with Gasteiger partial charge in [0.1, 0.15) is 18.2 Å². The van der Waals surface area contributed by atoms with Crippen LogP contribution in [-0.2, 0) is 13.2 Å². The molecule has 0 radical (unpaired) electrons. The Morgan fingerprint density at radius 3 is 2.73 bits per heavy atom. The first kappa shape index (κ1) is 14.6. The smallest absolute Gasteiger partial charge is 0.148 e. The molecule has 4 nitrogen and oxygen atoms in total. The van der Waals surface area contributed by atoms with Crippen LogP contribution < -0.4 is 10.5 Å². The molecule has 0 aliphatic heterocycles. The van der Waals surface area contributed by atoms with Gasteiger partial charge in [-0.05, 0) is 43.2 Å². The Hall–Kier alpha value is -2.33. The minimum Gasteiger partial charge on any atom is -0.485 e. The predicted molar refractivity (Wildman–Crippen MR) is 89.0 cm³/mol. The molecular weight excluding hydrogens is 274 g/mol. The van der Waals surface area contributed by atoms with E-state index < -0.39 is 0 Å². The predicted octanol–water partition coefficient (Wildman–Crippen LogP) is 3.19. The molecule has 0 atom stereocenters. The molecule has 0 unspecified atom stereocenters. The van der Waals surface area contributed by atoms with Gasteiger partial charge in [-0.1, -0.05) is 24.3 Å². The SMILES string of the molecule is Cc1cccc(OCc2nc3ccccc3n2CCN)c1C. The van der Waals surface area contributed by atoms with Crippen molar-refractivity contribution >= 4 is 11.0 Å². The van der Waals surface area contributed by atoms with E-state index in [0.717, 1.165) is 29.2 Å². The van der Waals surface area contributed by atoms with Gasteiger partial charge in [0.15, 0.2) is 0 Å². The zero-order valence-corrected chi connectivity index (χ0v) is 13.0. The van der Waals surface area contributed by atoms with Gasteiger partial charge in [0.05, 0.1) is 11.0 Å². The molecule has 0 bridgehead atoms. The summed E-state index contributed by atoms with van der Waals surface area (Å²) in [4.78, 5) is 4.68. The monoisotopic (exact) mass is 295 g/mol. The highest BCUT2D eigenvalue weighted by atomic mass is 16.5. The van der Waals surface area contributed by atoms with Gasteiger partial charge in [-0.25, -0.2) is 4.98 Å². The number of rotatable bonds is 5. The lowest BCUT2D eigenvalue weighted by Crippen LogP contribution is -2.14. The average molecular weight is 295 g/mol. The molecule has 3 rings (SSSR count). The van der Waals surface area contributed by atoms with Crippen LogP contribution in [0.15, 0.2) is 42.5 Å². The van der Waals surface area contributed by atoms with E-state index in [2.05, 4.69) is 35.5 Å². The van der Waals surface area contributed by atoms with Gasteiger partial charge in [-0.2, -0.15) is 0 Å². The minimum absolute atomic E-state index is 0.443. The quantitative estimate of drug-likeness (QED) is 0.786. The summed E-state index contributed by atoms with van der Waals surface area (Å²) in [5.74, 6) is 1.82. The number of imidazole rings is 1.